The van der Waals surface area contributed by atoms with Crippen molar-refractivity contribution in [3.8, 4) is 0 Å². The second-order valence-electron chi connectivity index (χ2n) is 7.60. The van der Waals surface area contributed by atoms with E-state index in [9.17, 15) is 0 Å². The Bertz CT molecular complexity index is 319. The highest BCUT2D eigenvalue weighted by Crippen LogP contribution is 2.43. The maximum Gasteiger partial charge on any atom is 0.0512 e. The van der Waals surface area contributed by atoms with Gasteiger partial charge in [-0.15, -0.1) is 0 Å². The van der Waals surface area contributed by atoms with Crippen molar-refractivity contribution in [3.05, 3.63) is 0 Å². The molecule has 1 spiro atoms. The van der Waals surface area contributed by atoms with Gasteiger partial charge in [0.25, 0.3) is 0 Å². The Morgan fingerprint density at radius 2 is 1.95 bits per heavy atom. The zero-order valence-corrected chi connectivity index (χ0v) is 12.1. The summed E-state index contributed by atoms with van der Waals surface area (Å²) in [6.45, 7) is 8.47. The Hall–Kier alpha value is -0.120. The van der Waals surface area contributed by atoms with Crippen LogP contribution in [0.4, 0.5) is 0 Å². The lowest BCUT2D eigenvalue weighted by atomic mass is 9.78. The van der Waals surface area contributed by atoms with Crippen LogP contribution in [0.2, 0.25) is 0 Å². The van der Waals surface area contributed by atoms with E-state index >= 15 is 0 Å². The quantitative estimate of drug-likeness (QED) is 0.791. The molecule has 3 heteroatoms. The van der Waals surface area contributed by atoms with E-state index in [0.29, 0.717) is 5.41 Å². The summed E-state index contributed by atoms with van der Waals surface area (Å²) >= 11 is 0. The molecule has 3 nitrogen and oxygen atoms in total. The highest BCUT2D eigenvalue weighted by molar-refractivity contribution is 5.02. The number of hydrogen-bond acceptors (Lipinski definition) is 3. The molecule has 2 atom stereocenters. The molecule has 0 unspecified atom stereocenters. The third-order valence-corrected chi connectivity index (χ3v) is 5.74. The van der Waals surface area contributed by atoms with Gasteiger partial charge in [-0.05, 0) is 50.5 Å². The SMILES string of the molecule is C1C[C@]2(CN1)CN(CC1CC1)C[C@H]2COCC1CC1. The summed E-state index contributed by atoms with van der Waals surface area (Å²) in [5, 5.41) is 3.60. The summed E-state index contributed by atoms with van der Waals surface area (Å²) in [5.41, 5.74) is 0.540. The van der Waals surface area contributed by atoms with Gasteiger partial charge in [0.2, 0.25) is 0 Å². The van der Waals surface area contributed by atoms with Crippen LogP contribution in [0.1, 0.15) is 32.1 Å². The van der Waals surface area contributed by atoms with E-state index in [4.69, 9.17) is 4.74 Å². The predicted molar refractivity (Wildman–Crippen MR) is 76.1 cm³/mol. The Morgan fingerprint density at radius 3 is 2.63 bits per heavy atom. The lowest BCUT2D eigenvalue weighted by molar-refractivity contribution is 0.0597. The molecule has 2 heterocycles. The Labute approximate surface area is 117 Å². The maximum absolute atomic E-state index is 6.04. The first-order valence-corrected chi connectivity index (χ1v) is 8.35. The zero-order valence-electron chi connectivity index (χ0n) is 12.1. The summed E-state index contributed by atoms with van der Waals surface area (Å²) in [6.07, 6.45) is 7.14. The fourth-order valence-electron chi connectivity index (χ4n) is 4.09. The predicted octanol–water partition coefficient (Wildman–Crippen LogP) is 1.73. The summed E-state index contributed by atoms with van der Waals surface area (Å²) in [6, 6.07) is 0. The van der Waals surface area contributed by atoms with Gasteiger partial charge in [-0.1, -0.05) is 0 Å². The molecule has 0 aromatic carbocycles. The van der Waals surface area contributed by atoms with Crippen molar-refractivity contribution in [3.63, 3.8) is 0 Å². The molecule has 0 aromatic heterocycles. The van der Waals surface area contributed by atoms with Crippen LogP contribution in [0, 0.1) is 23.2 Å². The molecule has 0 radical (unpaired) electrons. The molecule has 2 saturated heterocycles. The summed E-state index contributed by atoms with van der Waals surface area (Å²) in [7, 11) is 0. The van der Waals surface area contributed by atoms with Gasteiger partial charge in [0.05, 0.1) is 6.61 Å². The zero-order chi connectivity index (χ0) is 12.7. The molecule has 19 heavy (non-hydrogen) atoms. The van der Waals surface area contributed by atoms with Gasteiger partial charge >= 0.3 is 0 Å². The maximum atomic E-state index is 6.04. The third kappa shape index (κ3) is 2.84. The fraction of sp³-hybridized carbons (Fsp3) is 1.00. The van der Waals surface area contributed by atoms with Crippen LogP contribution in [0.25, 0.3) is 0 Å². The molecule has 1 N–H and O–H groups in total. The highest BCUT2D eigenvalue weighted by atomic mass is 16.5. The number of nitrogens with one attached hydrogen (secondary N) is 1. The van der Waals surface area contributed by atoms with Crippen molar-refractivity contribution in [2.24, 2.45) is 23.2 Å². The molecule has 4 fully saturated rings. The summed E-state index contributed by atoms with van der Waals surface area (Å²) in [5.74, 6) is 2.71. The largest absolute Gasteiger partial charge is 0.381 e. The molecule has 4 rings (SSSR count). The van der Waals surface area contributed by atoms with E-state index in [2.05, 4.69) is 10.2 Å². The van der Waals surface area contributed by atoms with Gasteiger partial charge in [-0.3, -0.25) is 0 Å². The van der Waals surface area contributed by atoms with Gasteiger partial charge in [0.15, 0.2) is 0 Å². The minimum Gasteiger partial charge on any atom is -0.381 e. The van der Waals surface area contributed by atoms with Crippen molar-refractivity contribution in [2.75, 3.05) is 45.9 Å². The molecule has 2 saturated carbocycles. The molecule has 0 aromatic rings. The minimum absolute atomic E-state index is 0.540. The van der Waals surface area contributed by atoms with E-state index in [0.717, 1.165) is 31.0 Å². The monoisotopic (exact) mass is 264 g/mol. The van der Waals surface area contributed by atoms with Crippen LogP contribution >= 0.6 is 0 Å². The van der Waals surface area contributed by atoms with Crippen LogP contribution in [0.5, 0.6) is 0 Å². The first kappa shape index (κ1) is 12.6. The Kier molecular flexibility index (Phi) is 3.33. The van der Waals surface area contributed by atoms with E-state index in [1.54, 1.807) is 0 Å². The lowest BCUT2D eigenvalue weighted by Crippen LogP contribution is -2.35. The number of likely N-dealkylation sites (tertiary alicyclic amines) is 1. The standard InChI is InChI=1S/C16H28N2O/c1-2-13(1)7-18-8-15(10-19-9-14-3-4-14)16(12-18)5-6-17-11-16/h13-15,17H,1-12H2/t15-,16-/m0/s1. The second kappa shape index (κ2) is 5.01. The van der Waals surface area contributed by atoms with Crippen LogP contribution in [0.3, 0.4) is 0 Å². The number of ether oxygens (including phenoxy) is 1. The molecule has 2 aliphatic heterocycles. The first-order chi connectivity index (χ1) is 9.34. The normalized spacial score (nSPS) is 39.5. The smallest absolute Gasteiger partial charge is 0.0512 e. The number of hydrogen-bond donors (Lipinski definition) is 1. The molecule has 108 valence electrons. The molecule has 2 aliphatic carbocycles. The van der Waals surface area contributed by atoms with Gasteiger partial charge < -0.3 is 15.0 Å². The Morgan fingerprint density at radius 1 is 1.11 bits per heavy atom. The van der Waals surface area contributed by atoms with Crippen molar-refractivity contribution in [2.45, 2.75) is 32.1 Å². The molecule has 0 amide bonds. The molecule has 0 bridgehead atoms. The average Bonchev–Trinajstić information content (AvgIpc) is 3.31. The number of nitrogens with zero attached hydrogens (tertiary/aromatic N) is 1. The third-order valence-electron chi connectivity index (χ3n) is 5.74. The Balaban J connectivity index is 1.34. The van der Waals surface area contributed by atoms with Gasteiger partial charge in [0, 0.05) is 44.1 Å². The van der Waals surface area contributed by atoms with Crippen LogP contribution < -0.4 is 5.32 Å². The van der Waals surface area contributed by atoms with E-state index in [-0.39, 0.29) is 0 Å². The van der Waals surface area contributed by atoms with Crippen molar-refractivity contribution in [1.29, 1.82) is 0 Å². The average molecular weight is 264 g/mol. The minimum atomic E-state index is 0.540. The topological polar surface area (TPSA) is 24.5 Å². The summed E-state index contributed by atoms with van der Waals surface area (Å²) in [4.78, 5) is 2.75. The molecule has 4 aliphatic rings. The van der Waals surface area contributed by atoms with Gasteiger partial charge in [-0.25, -0.2) is 0 Å². The second-order valence-corrected chi connectivity index (χ2v) is 7.60. The van der Waals surface area contributed by atoms with E-state index in [1.807, 2.05) is 0 Å². The lowest BCUT2D eigenvalue weighted by Gasteiger charge is -2.29. The first-order valence-electron chi connectivity index (χ1n) is 8.35. The molecular formula is C16H28N2O. The van der Waals surface area contributed by atoms with Gasteiger partial charge in [-0.2, -0.15) is 0 Å². The number of rotatable bonds is 6. The van der Waals surface area contributed by atoms with Crippen molar-refractivity contribution < 1.29 is 4.74 Å². The highest BCUT2D eigenvalue weighted by Gasteiger charge is 2.48. The van der Waals surface area contributed by atoms with Crippen LogP contribution in [-0.2, 0) is 4.74 Å². The summed E-state index contributed by atoms with van der Waals surface area (Å²) < 4.78 is 6.04. The van der Waals surface area contributed by atoms with E-state index < -0.39 is 0 Å². The fourth-order valence-corrected chi connectivity index (χ4v) is 4.09. The van der Waals surface area contributed by atoms with Crippen LogP contribution in [-0.4, -0.2) is 50.8 Å². The van der Waals surface area contributed by atoms with Gasteiger partial charge in [0.1, 0.15) is 0 Å². The van der Waals surface area contributed by atoms with E-state index in [1.165, 1.54) is 64.8 Å². The van der Waals surface area contributed by atoms with Crippen molar-refractivity contribution >= 4 is 0 Å². The van der Waals surface area contributed by atoms with Crippen molar-refractivity contribution in [1.82, 2.24) is 10.2 Å². The molecular weight excluding hydrogens is 236 g/mol. The van der Waals surface area contributed by atoms with Crippen LogP contribution in [0.15, 0.2) is 0 Å².